The van der Waals surface area contributed by atoms with Crippen LogP contribution in [0, 0.1) is 23.7 Å². The number of nitrogens with zero attached hydrogens (tertiary/aromatic N) is 10. The highest BCUT2D eigenvalue weighted by Gasteiger charge is 2.24. The maximum absolute atomic E-state index is 5.74. The molecule has 368 valence electrons. The molecule has 0 saturated carbocycles. The molecule has 0 spiro atoms. The Hall–Kier alpha value is -5.12. The molecule has 2 N–H and O–H groups in total. The quantitative estimate of drug-likeness (QED) is 0.121. The standard InChI is InChI=1S/2C27H40N6O/c2*1-5-32-17-12-22(13-18-32)28-26-23-20-25(34-4)21(11-7-10-14-31(2)3)19-24(23)29-27(30-26)33-15-8-6-9-16-33/h2*19-20,22H,5-6,8-10,12-18H2,1-4H3,(H,28,29,30). The Labute approximate surface area is 407 Å². The zero-order chi connectivity index (χ0) is 47.8. The number of likely N-dealkylation sites (tertiary alicyclic amines) is 2. The van der Waals surface area contributed by atoms with E-state index >= 15 is 0 Å². The SMILES string of the molecule is CCN1CCC(Nc2nc(N3CCCCC3)nc3cc(C#CCCN(C)C)c(OC)cc23)CC1.CCN1CCC(Nc2nc(N3CCCCC3)nc3cc(C#CCCN(C)C)c(OC)cc23)CC1. The largest absolute Gasteiger partial charge is 0.495 e. The summed E-state index contributed by atoms with van der Waals surface area (Å²) < 4.78 is 11.5. The molecule has 0 bridgehead atoms. The van der Waals surface area contributed by atoms with Crippen LogP contribution in [0.15, 0.2) is 24.3 Å². The molecule has 4 fully saturated rings. The van der Waals surface area contributed by atoms with Gasteiger partial charge in [0.1, 0.15) is 23.1 Å². The van der Waals surface area contributed by atoms with Gasteiger partial charge in [0, 0.05) is 101 Å². The van der Waals surface area contributed by atoms with Crippen molar-refractivity contribution in [1.82, 2.24) is 39.5 Å². The summed E-state index contributed by atoms with van der Waals surface area (Å²) in [7, 11) is 11.7. The van der Waals surface area contributed by atoms with E-state index in [1.807, 2.05) is 0 Å². The summed E-state index contributed by atoms with van der Waals surface area (Å²) in [5.41, 5.74) is 3.64. The van der Waals surface area contributed by atoms with Gasteiger partial charge in [-0.25, -0.2) is 9.97 Å². The molecule has 2 aromatic carbocycles. The minimum atomic E-state index is 0.423. The van der Waals surface area contributed by atoms with Crippen molar-refractivity contribution in [3.63, 3.8) is 0 Å². The predicted molar refractivity (Wildman–Crippen MR) is 282 cm³/mol. The number of fused-ring (bicyclic) bond motifs is 2. The third kappa shape index (κ3) is 14.0. The van der Waals surface area contributed by atoms with Gasteiger partial charge in [0.05, 0.1) is 36.4 Å². The Morgan fingerprint density at radius 2 is 0.926 bits per heavy atom. The minimum Gasteiger partial charge on any atom is -0.495 e. The number of anilines is 4. The molecule has 8 rings (SSSR count). The maximum Gasteiger partial charge on any atom is 0.227 e. The Balaban J connectivity index is 0.000000201. The average Bonchev–Trinajstić information content (AvgIpc) is 3.37. The lowest BCUT2D eigenvalue weighted by molar-refractivity contribution is 0.229. The van der Waals surface area contributed by atoms with Crippen LogP contribution >= 0.6 is 0 Å². The van der Waals surface area contributed by atoms with Crippen molar-refractivity contribution >= 4 is 45.3 Å². The third-order valence-electron chi connectivity index (χ3n) is 13.9. The van der Waals surface area contributed by atoms with Crippen LogP contribution in [0.25, 0.3) is 21.8 Å². The van der Waals surface area contributed by atoms with Gasteiger partial charge < -0.3 is 49.5 Å². The molecule has 14 heteroatoms. The Morgan fingerprint density at radius 1 is 0.544 bits per heavy atom. The zero-order valence-corrected chi connectivity index (χ0v) is 42.7. The summed E-state index contributed by atoms with van der Waals surface area (Å²) in [5.74, 6) is 18.3. The predicted octanol–water partition coefficient (Wildman–Crippen LogP) is 7.66. The first-order chi connectivity index (χ1) is 33.1. The summed E-state index contributed by atoms with van der Waals surface area (Å²) in [6, 6.07) is 9.13. The fourth-order valence-electron chi connectivity index (χ4n) is 9.56. The second-order valence-corrected chi connectivity index (χ2v) is 19.4. The Kier molecular flexibility index (Phi) is 19.0. The molecule has 0 atom stereocenters. The van der Waals surface area contributed by atoms with Crippen LogP contribution in [0.2, 0.25) is 0 Å². The van der Waals surface area contributed by atoms with E-state index < -0.39 is 0 Å². The lowest BCUT2D eigenvalue weighted by atomic mass is 10.0. The molecule has 4 aromatic rings. The molecule has 0 aliphatic carbocycles. The highest BCUT2D eigenvalue weighted by molar-refractivity contribution is 5.94. The number of methoxy groups -OCH3 is 2. The van der Waals surface area contributed by atoms with Crippen LogP contribution in [0.3, 0.4) is 0 Å². The van der Waals surface area contributed by atoms with Crippen molar-refractivity contribution in [3.8, 4) is 35.2 Å². The van der Waals surface area contributed by atoms with Gasteiger partial charge in [0.2, 0.25) is 11.9 Å². The van der Waals surface area contributed by atoms with Crippen molar-refractivity contribution in [2.75, 3.05) is 141 Å². The van der Waals surface area contributed by atoms with Crippen LogP contribution in [0.4, 0.5) is 23.5 Å². The average molecular weight is 929 g/mol. The lowest BCUT2D eigenvalue weighted by Gasteiger charge is -2.32. The van der Waals surface area contributed by atoms with Gasteiger partial charge in [-0.2, -0.15) is 9.97 Å². The van der Waals surface area contributed by atoms with Crippen molar-refractivity contribution < 1.29 is 9.47 Å². The number of rotatable bonds is 14. The lowest BCUT2D eigenvalue weighted by Crippen LogP contribution is -2.39. The number of hydrogen-bond acceptors (Lipinski definition) is 14. The summed E-state index contributed by atoms with van der Waals surface area (Å²) in [5, 5.41) is 9.58. The van der Waals surface area contributed by atoms with Crippen molar-refractivity contribution in [2.45, 2.75) is 103 Å². The first kappa shape index (κ1) is 50.7. The molecule has 4 aliphatic rings. The van der Waals surface area contributed by atoms with Crippen molar-refractivity contribution in [3.05, 3.63) is 35.4 Å². The molecule has 0 unspecified atom stereocenters. The maximum atomic E-state index is 5.74. The van der Waals surface area contributed by atoms with Gasteiger partial charge >= 0.3 is 0 Å². The number of nitrogens with one attached hydrogen (secondary N) is 2. The van der Waals surface area contributed by atoms with E-state index in [4.69, 9.17) is 29.4 Å². The number of aromatic nitrogens is 4. The first-order valence-electron chi connectivity index (χ1n) is 25.7. The smallest absolute Gasteiger partial charge is 0.227 e. The van der Waals surface area contributed by atoms with Gasteiger partial charge in [0.15, 0.2) is 0 Å². The monoisotopic (exact) mass is 929 g/mol. The van der Waals surface area contributed by atoms with E-state index in [0.717, 1.165) is 185 Å². The number of hydrogen-bond donors (Lipinski definition) is 2. The van der Waals surface area contributed by atoms with Gasteiger partial charge in [-0.1, -0.05) is 37.5 Å². The molecular formula is C54H80N12O2. The normalized spacial score (nSPS) is 17.6. The zero-order valence-electron chi connectivity index (χ0n) is 42.7. The third-order valence-corrected chi connectivity index (χ3v) is 13.9. The molecule has 4 aliphatic heterocycles. The molecular weight excluding hydrogens is 849 g/mol. The second-order valence-electron chi connectivity index (χ2n) is 19.4. The van der Waals surface area contributed by atoms with Crippen LogP contribution in [0.1, 0.15) is 102 Å². The molecule has 6 heterocycles. The first-order valence-corrected chi connectivity index (χ1v) is 25.7. The number of ether oxygens (including phenoxy) is 2. The summed E-state index contributed by atoms with van der Waals surface area (Å²) >= 11 is 0. The summed E-state index contributed by atoms with van der Waals surface area (Å²) in [6.45, 7) is 17.2. The van der Waals surface area contributed by atoms with E-state index in [-0.39, 0.29) is 0 Å². The molecule has 0 amide bonds. The topological polar surface area (TPSA) is 114 Å². The van der Waals surface area contributed by atoms with E-state index in [2.05, 4.69) is 130 Å². The van der Waals surface area contributed by atoms with Crippen LogP contribution in [-0.2, 0) is 0 Å². The van der Waals surface area contributed by atoms with Crippen LogP contribution in [0.5, 0.6) is 11.5 Å². The second kappa shape index (κ2) is 25.5. The highest BCUT2D eigenvalue weighted by Crippen LogP contribution is 2.34. The van der Waals surface area contributed by atoms with Gasteiger partial charge in [-0.3, -0.25) is 0 Å². The molecule has 14 nitrogen and oxygen atoms in total. The molecule has 68 heavy (non-hydrogen) atoms. The van der Waals surface area contributed by atoms with Gasteiger partial charge in [-0.15, -0.1) is 0 Å². The van der Waals surface area contributed by atoms with E-state index in [0.29, 0.717) is 12.1 Å². The minimum absolute atomic E-state index is 0.423. The molecule has 0 radical (unpaired) electrons. The van der Waals surface area contributed by atoms with Crippen molar-refractivity contribution in [2.24, 2.45) is 0 Å². The fourth-order valence-corrected chi connectivity index (χ4v) is 9.56. The van der Waals surface area contributed by atoms with Crippen molar-refractivity contribution in [1.29, 1.82) is 0 Å². The number of benzene rings is 2. The summed E-state index contributed by atoms with van der Waals surface area (Å²) in [6.07, 6.45) is 13.5. The van der Waals surface area contributed by atoms with E-state index in [9.17, 15) is 0 Å². The Morgan fingerprint density at radius 3 is 1.26 bits per heavy atom. The Bertz CT molecular complexity index is 2190. The van der Waals surface area contributed by atoms with Crippen LogP contribution < -0.4 is 29.9 Å². The summed E-state index contributed by atoms with van der Waals surface area (Å²) in [4.78, 5) is 34.1. The van der Waals surface area contributed by atoms with Gasteiger partial charge in [0.25, 0.3) is 0 Å². The van der Waals surface area contributed by atoms with E-state index in [1.54, 1.807) is 14.2 Å². The number of piperidine rings is 4. The molecule has 2 aromatic heterocycles. The van der Waals surface area contributed by atoms with E-state index in [1.165, 1.54) is 38.5 Å². The fraction of sp³-hybridized carbons (Fsp3) is 0.630. The molecule has 4 saturated heterocycles. The van der Waals surface area contributed by atoms with Crippen LogP contribution in [-0.4, -0.2) is 173 Å². The van der Waals surface area contributed by atoms with Gasteiger partial charge in [-0.05, 0) is 130 Å². The highest BCUT2D eigenvalue weighted by atomic mass is 16.5.